The summed E-state index contributed by atoms with van der Waals surface area (Å²) < 4.78 is 63.9. The van der Waals surface area contributed by atoms with Gasteiger partial charge in [-0.15, -0.1) is 0 Å². The van der Waals surface area contributed by atoms with Gasteiger partial charge in [-0.1, -0.05) is 35.4 Å². The van der Waals surface area contributed by atoms with Gasteiger partial charge in [0.2, 0.25) is 10.0 Å². The lowest BCUT2D eigenvalue weighted by molar-refractivity contribution is -0.00560. The molecule has 1 fully saturated rings. The van der Waals surface area contributed by atoms with Crippen LogP contribution in [0.1, 0.15) is 24.0 Å². The summed E-state index contributed by atoms with van der Waals surface area (Å²) in [6.07, 6.45) is 0.986. The molecule has 2 aromatic carbocycles. The molecule has 0 aliphatic carbocycles. The number of hydrogen-bond acceptors (Lipinski definition) is 6. The standard InChI is InChI=1S/C21H27NO6S2/c1-17-3-7-19(8-4-17)29(23,24)22-15-21(11-13-27-14-12-21)16-28-30(25,26)20-9-5-18(2)6-10-20/h3-10,22H,11-16H2,1-2H3. The largest absolute Gasteiger partial charge is 0.381 e. The maximum Gasteiger partial charge on any atom is 0.296 e. The molecule has 1 aliphatic rings. The highest BCUT2D eigenvalue weighted by Crippen LogP contribution is 2.32. The fourth-order valence-electron chi connectivity index (χ4n) is 3.20. The molecule has 1 N–H and O–H groups in total. The lowest BCUT2D eigenvalue weighted by Crippen LogP contribution is -2.44. The first-order valence-electron chi connectivity index (χ1n) is 9.72. The zero-order chi connectivity index (χ0) is 21.8. The van der Waals surface area contributed by atoms with E-state index in [-0.39, 0.29) is 22.9 Å². The number of hydrogen-bond donors (Lipinski definition) is 1. The molecule has 0 unspecified atom stereocenters. The summed E-state index contributed by atoms with van der Waals surface area (Å²) in [5, 5.41) is 0. The van der Waals surface area contributed by atoms with Crippen molar-refractivity contribution >= 4 is 20.1 Å². The molecule has 3 rings (SSSR count). The van der Waals surface area contributed by atoms with Gasteiger partial charge in [0.05, 0.1) is 16.4 Å². The van der Waals surface area contributed by atoms with Crippen LogP contribution in [-0.4, -0.2) is 43.2 Å². The topological polar surface area (TPSA) is 98.8 Å². The number of rotatable bonds is 8. The number of ether oxygens (including phenoxy) is 1. The Labute approximate surface area is 178 Å². The normalized spacial score (nSPS) is 17.0. The van der Waals surface area contributed by atoms with Crippen LogP contribution in [0.4, 0.5) is 0 Å². The molecule has 164 valence electrons. The Bertz CT molecular complexity index is 974. The van der Waals surface area contributed by atoms with Gasteiger partial charge in [-0.3, -0.25) is 4.18 Å². The molecule has 0 aromatic heterocycles. The summed E-state index contributed by atoms with van der Waals surface area (Å²) in [6, 6.07) is 13.0. The molecule has 1 heterocycles. The molecule has 0 spiro atoms. The van der Waals surface area contributed by atoms with Crippen molar-refractivity contribution in [3.8, 4) is 0 Å². The molecule has 0 atom stereocenters. The van der Waals surface area contributed by atoms with E-state index in [2.05, 4.69) is 4.72 Å². The quantitative estimate of drug-likeness (QED) is 0.617. The summed E-state index contributed by atoms with van der Waals surface area (Å²) in [4.78, 5) is 0.249. The van der Waals surface area contributed by atoms with Gasteiger partial charge in [0.15, 0.2) is 0 Å². The van der Waals surface area contributed by atoms with Gasteiger partial charge < -0.3 is 4.74 Å². The van der Waals surface area contributed by atoms with Crippen LogP contribution in [0.3, 0.4) is 0 Å². The predicted octanol–water partition coefficient (Wildman–Crippen LogP) is 2.78. The molecule has 7 nitrogen and oxygen atoms in total. The van der Waals surface area contributed by atoms with Crippen molar-refractivity contribution in [2.45, 2.75) is 36.5 Å². The maximum absolute atomic E-state index is 12.7. The highest BCUT2D eigenvalue weighted by Gasteiger charge is 2.36. The second-order valence-electron chi connectivity index (χ2n) is 7.78. The Hall–Kier alpha value is -1.78. The third-order valence-electron chi connectivity index (χ3n) is 5.35. The molecular weight excluding hydrogens is 426 g/mol. The van der Waals surface area contributed by atoms with Gasteiger partial charge in [0.25, 0.3) is 10.1 Å². The number of benzene rings is 2. The van der Waals surface area contributed by atoms with Gasteiger partial charge in [-0.25, -0.2) is 13.1 Å². The Morgan fingerprint density at radius 2 is 1.37 bits per heavy atom. The van der Waals surface area contributed by atoms with E-state index in [1.165, 1.54) is 12.1 Å². The molecule has 2 aromatic rings. The van der Waals surface area contributed by atoms with Crippen molar-refractivity contribution < 1.29 is 25.8 Å². The first-order chi connectivity index (χ1) is 14.1. The van der Waals surface area contributed by atoms with Gasteiger partial charge in [-0.05, 0) is 51.0 Å². The average molecular weight is 454 g/mol. The van der Waals surface area contributed by atoms with Crippen molar-refractivity contribution in [3.05, 3.63) is 59.7 Å². The van der Waals surface area contributed by atoms with E-state index < -0.39 is 25.6 Å². The van der Waals surface area contributed by atoms with Crippen molar-refractivity contribution in [1.29, 1.82) is 0 Å². The molecule has 1 saturated heterocycles. The zero-order valence-electron chi connectivity index (χ0n) is 17.1. The van der Waals surface area contributed by atoms with E-state index >= 15 is 0 Å². The average Bonchev–Trinajstić information content (AvgIpc) is 2.73. The van der Waals surface area contributed by atoms with Gasteiger partial charge in [0, 0.05) is 25.2 Å². The summed E-state index contributed by atoms with van der Waals surface area (Å²) >= 11 is 0. The molecule has 0 saturated carbocycles. The minimum absolute atomic E-state index is 0.0655. The van der Waals surface area contributed by atoms with E-state index in [1.807, 2.05) is 13.8 Å². The fraction of sp³-hybridized carbons (Fsp3) is 0.429. The van der Waals surface area contributed by atoms with Crippen LogP contribution in [-0.2, 0) is 29.1 Å². The van der Waals surface area contributed by atoms with Crippen LogP contribution in [0, 0.1) is 19.3 Å². The molecule has 0 bridgehead atoms. The summed E-state index contributed by atoms with van der Waals surface area (Å²) in [7, 11) is -7.66. The highest BCUT2D eigenvalue weighted by molar-refractivity contribution is 7.89. The second kappa shape index (κ2) is 9.15. The van der Waals surface area contributed by atoms with Gasteiger partial charge in [-0.2, -0.15) is 8.42 Å². The third kappa shape index (κ3) is 5.67. The SMILES string of the molecule is Cc1ccc(S(=O)(=O)NCC2(COS(=O)(=O)c3ccc(C)cc3)CCOCC2)cc1. The van der Waals surface area contributed by atoms with Crippen molar-refractivity contribution in [1.82, 2.24) is 4.72 Å². The molecule has 9 heteroatoms. The minimum Gasteiger partial charge on any atom is -0.381 e. The van der Waals surface area contributed by atoms with E-state index in [1.54, 1.807) is 36.4 Å². The van der Waals surface area contributed by atoms with Gasteiger partial charge in [0.1, 0.15) is 0 Å². The first-order valence-corrected chi connectivity index (χ1v) is 12.6. The van der Waals surface area contributed by atoms with Crippen LogP contribution in [0.5, 0.6) is 0 Å². The van der Waals surface area contributed by atoms with Crippen LogP contribution >= 0.6 is 0 Å². The van der Waals surface area contributed by atoms with Gasteiger partial charge >= 0.3 is 0 Å². The Morgan fingerprint density at radius 1 is 0.867 bits per heavy atom. The molecular formula is C21H27NO6S2. The van der Waals surface area contributed by atoms with Crippen LogP contribution in [0.25, 0.3) is 0 Å². The third-order valence-corrected chi connectivity index (χ3v) is 8.05. The van der Waals surface area contributed by atoms with Crippen molar-refractivity contribution in [2.24, 2.45) is 5.41 Å². The number of nitrogens with one attached hydrogen (secondary N) is 1. The lowest BCUT2D eigenvalue weighted by atomic mass is 9.81. The van der Waals surface area contributed by atoms with Crippen LogP contribution in [0.2, 0.25) is 0 Å². The second-order valence-corrected chi connectivity index (χ2v) is 11.2. The number of sulfonamides is 1. The van der Waals surface area contributed by atoms with E-state index in [9.17, 15) is 16.8 Å². The minimum atomic E-state index is -3.94. The Kier molecular flexibility index (Phi) is 6.98. The van der Waals surface area contributed by atoms with E-state index in [0.29, 0.717) is 26.1 Å². The van der Waals surface area contributed by atoms with Crippen LogP contribution in [0.15, 0.2) is 58.3 Å². The zero-order valence-corrected chi connectivity index (χ0v) is 18.8. The van der Waals surface area contributed by atoms with E-state index in [4.69, 9.17) is 8.92 Å². The molecule has 0 radical (unpaired) electrons. The van der Waals surface area contributed by atoms with Crippen molar-refractivity contribution in [2.75, 3.05) is 26.4 Å². The van der Waals surface area contributed by atoms with Crippen LogP contribution < -0.4 is 4.72 Å². The molecule has 1 aliphatic heterocycles. The Morgan fingerprint density at radius 3 is 1.90 bits per heavy atom. The van der Waals surface area contributed by atoms with Crippen molar-refractivity contribution in [3.63, 3.8) is 0 Å². The number of aryl methyl sites for hydroxylation is 2. The smallest absolute Gasteiger partial charge is 0.296 e. The fourth-order valence-corrected chi connectivity index (χ4v) is 5.37. The summed E-state index contributed by atoms with van der Waals surface area (Å²) in [5.41, 5.74) is 1.23. The van der Waals surface area contributed by atoms with E-state index in [0.717, 1.165) is 11.1 Å². The first kappa shape index (κ1) is 22.9. The lowest BCUT2D eigenvalue weighted by Gasteiger charge is -2.36. The highest BCUT2D eigenvalue weighted by atomic mass is 32.2. The monoisotopic (exact) mass is 453 g/mol. The predicted molar refractivity (Wildman–Crippen MR) is 113 cm³/mol. The summed E-state index contributed by atoms with van der Waals surface area (Å²) in [6.45, 7) is 4.53. The molecule has 0 amide bonds. The molecule has 30 heavy (non-hydrogen) atoms. The Balaban J connectivity index is 1.73. The summed E-state index contributed by atoms with van der Waals surface area (Å²) in [5.74, 6) is 0. The maximum atomic E-state index is 12.7.